The molecule has 2 heterocycles. The van der Waals surface area contributed by atoms with Gasteiger partial charge in [-0.3, -0.25) is 29.1 Å². The average molecular weight is 481 g/mol. The van der Waals surface area contributed by atoms with E-state index in [1.54, 1.807) is 0 Å². The zero-order chi connectivity index (χ0) is 25.4. The Morgan fingerprint density at radius 3 is 2.38 bits per heavy atom. The van der Waals surface area contributed by atoms with Gasteiger partial charge in [0.2, 0.25) is 11.5 Å². The number of Topliss-reactive ketones (excluding diaryl/α,β-unsaturated/α-hetero) is 1. The van der Waals surface area contributed by atoms with E-state index in [0.717, 1.165) is 24.1 Å². The van der Waals surface area contributed by atoms with Crippen molar-refractivity contribution in [1.29, 1.82) is 0 Å². The second-order valence-corrected chi connectivity index (χ2v) is 8.13. The molecule has 0 saturated carbocycles. The normalized spacial score (nSPS) is 19.0. The summed E-state index contributed by atoms with van der Waals surface area (Å²) >= 11 is 0. The van der Waals surface area contributed by atoms with Gasteiger partial charge in [0.15, 0.2) is 11.2 Å². The summed E-state index contributed by atoms with van der Waals surface area (Å²) in [6.07, 6.45) is -1.19. The minimum Gasteiger partial charge on any atom is -0.501 e. The monoisotopic (exact) mass is 481 g/mol. The maximum atomic E-state index is 14.2. The number of aromatic nitrogens is 2. The number of hydrogen-bond acceptors (Lipinski definition) is 7. The van der Waals surface area contributed by atoms with Gasteiger partial charge in [0.1, 0.15) is 11.6 Å². The van der Waals surface area contributed by atoms with Crippen molar-refractivity contribution in [1.82, 2.24) is 25.1 Å². The number of benzene rings is 1. The fourth-order valence-corrected chi connectivity index (χ4v) is 3.60. The maximum Gasteiger partial charge on any atom is 0.296 e. The van der Waals surface area contributed by atoms with Crippen LogP contribution in [0.5, 0.6) is 5.75 Å². The second kappa shape index (κ2) is 8.89. The van der Waals surface area contributed by atoms with Crippen LogP contribution in [-0.2, 0) is 28.7 Å². The van der Waals surface area contributed by atoms with E-state index in [4.69, 9.17) is 0 Å². The number of ketones is 1. The first-order valence-corrected chi connectivity index (χ1v) is 10.0. The van der Waals surface area contributed by atoms with E-state index in [1.807, 2.05) is 0 Å². The van der Waals surface area contributed by atoms with E-state index >= 15 is 0 Å². The summed E-state index contributed by atoms with van der Waals surface area (Å²) in [5, 5.41) is 14.9. The molecule has 0 spiro atoms. The molecule has 3 N–H and O–H groups in total. The Morgan fingerprint density at radius 2 is 1.85 bits per heavy atom. The number of alkyl halides is 2. The number of rotatable bonds is 6. The number of hydrogen-bond donors (Lipinski definition) is 3. The quantitative estimate of drug-likeness (QED) is 0.496. The van der Waals surface area contributed by atoms with Crippen molar-refractivity contribution < 1.29 is 32.7 Å². The van der Waals surface area contributed by atoms with Crippen LogP contribution < -0.4 is 16.2 Å². The van der Waals surface area contributed by atoms with Crippen LogP contribution >= 0.6 is 0 Å². The lowest BCUT2D eigenvalue weighted by molar-refractivity contribution is -0.147. The number of likely N-dealkylation sites (N-methyl/N-ethyl adjacent to an activating group) is 1. The largest absolute Gasteiger partial charge is 0.501 e. The van der Waals surface area contributed by atoms with E-state index in [1.165, 1.54) is 26.2 Å². The minimum atomic E-state index is -3.43. The molecule has 0 radical (unpaired) electrons. The number of amides is 2. The Morgan fingerprint density at radius 1 is 1.24 bits per heavy atom. The van der Waals surface area contributed by atoms with Crippen molar-refractivity contribution in [2.24, 2.45) is 7.05 Å². The Hall–Kier alpha value is -3.74. The number of carbonyl (C=O) groups excluding carboxylic acids is 3. The summed E-state index contributed by atoms with van der Waals surface area (Å²) in [5.74, 6) is -9.10. The van der Waals surface area contributed by atoms with Gasteiger partial charge in [-0.15, -0.1) is 0 Å². The third kappa shape index (κ3) is 4.51. The highest BCUT2D eigenvalue weighted by Crippen LogP contribution is 2.39. The molecule has 1 aromatic carbocycles. The first-order valence-electron chi connectivity index (χ1n) is 10.0. The molecular formula is C21H22F3N5O5. The smallest absolute Gasteiger partial charge is 0.296 e. The molecule has 1 saturated heterocycles. The van der Waals surface area contributed by atoms with Crippen LogP contribution in [0.15, 0.2) is 29.1 Å². The van der Waals surface area contributed by atoms with Gasteiger partial charge in [-0.2, -0.15) is 0 Å². The molecule has 0 aliphatic carbocycles. The molecule has 0 unspecified atom stereocenters. The third-order valence-electron chi connectivity index (χ3n) is 5.39. The first kappa shape index (κ1) is 24.9. The SMILES string of the molecule is CN(C)C(=O)C(=O)[C@@]1(c2nc(C(=O)NCc3ccc(F)cc3)c(O)c(=O)n2C)CC(F)(F)CN1. The minimum absolute atomic E-state index is 0.135. The summed E-state index contributed by atoms with van der Waals surface area (Å²) in [6.45, 7) is -1.12. The lowest BCUT2D eigenvalue weighted by Gasteiger charge is -2.29. The van der Waals surface area contributed by atoms with Gasteiger partial charge in [0.05, 0.1) is 6.54 Å². The van der Waals surface area contributed by atoms with Crippen LogP contribution in [0.25, 0.3) is 0 Å². The molecule has 0 bridgehead atoms. The number of halogens is 3. The average Bonchev–Trinajstić information content (AvgIpc) is 3.12. The van der Waals surface area contributed by atoms with E-state index in [2.05, 4.69) is 15.6 Å². The zero-order valence-corrected chi connectivity index (χ0v) is 18.5. The molecule has 2 amide bonds. The summed E-state index contributed by atoms with van der Waals surface area (Å²) in [5.41, 5.74) is -3.93. The van der Waals surface area contributed by atoms with Crippen molar-refractivity contribution >= 4 is 17.6 Å². The van der Waals surface area contributed by atoms with Crippen molar-refractivity contribution in [2.75, 3.05) is 20.6 Å². The molecule has 1 fully saturated rings. The predicted molar refractivity (Wildman–Crippen MR) is 112 cm³/mol. The molecule has 1 atom stereocenters. The van der Waals surface area contributed by atoms with Gasteiger partial charge >= 0.3 is 0 Å². The van der Waals surface area contributed by atoms with Crippen LogP contribution in [-0.4, -0.2) is 63.7 Å². The predicted octanol–water partition coefficient (Wildman–Crippen LogP) is 0.0362. The van der Waals surface area contributed by atoms with Gasteiger partial charge in [-0.25, -0.2) is 18.2 Å². The Labute approximate surface area is 191 Å². The molecule has 1 aromatic heterocycles. The number of nitrogens with zero attached hydrogens (tertiary/aromatic N) is 3. The molecule has 1 aliphatic heterocycles. The van der Waals surface area contributed by atoms with Crippen molar-refractivity contribution in [3.8, 4) is 5.75 Å². The van der Waals surface area contributed by atoms with Crippen LogP contribution in [0.1, 0.15) is 28.3 Å². The highest BCUT2D eigenvalue weighted by atomic mass is 19.3. The number of aromatic hydroxyl groups is 1. The van der Waals surface area contributed by atoms with Gasteiger partial charge in [0.25, 0.3) is 23.3 Å². The molecular weight excluding hydrogens is 459 g/mol. The molecule has 34 heavy (non-hydrogen) atoms. The topological polar surface area (TPSA) is 134 Å². The van der Waals surface area contributed by atoms with Crippen LogP contribution in [0.4, 0.5) is 13.2 Å². The fraction of sp³-hybridized carbons (Fsp3) is 0.381. The summed E-state index contributed by atoms with van der Waals surface area (Å²) in [4.78, 5) is 55.6. The standard InChI is InChI=1S/C21H22F3N5O5/c1-28(2)18(34)15(31)21(9-20(23,24)10-26-21)19-27-13(14(30)17(33)29(19)3)16(32)25-8-11-4-6-12(22)7-5-11/h4-7,26,30H,8-10H2,1-3H3,(H,25,32)/t21-/m1/s1. The zero-order valence-electron chi connectivity index (χ0n) is 18.5. The van der Waals surface area contributed by atoms with Crippen molar-refractivity contribution in [3.05, 3.63) is 57.5 Å². The van der Waals surface area contributed by atoms with Crippen LogP contribution in [0, 0.1) is 5.82 Å². The molecule has 1 aliphatic rings. The first-order chi connectivity index (χ1) is 15.8. The molecule has 13 heteroatoms. The van der Waals surface area contributed by atoms with Crippen molar-refractivity contribution in [3.63, 3.8) is 0 Å². The van der Waals surface area contributed by atoms with E-state index in [9.17, 15) is 37.5 Å². The third-order valence-corrected chi connectivity index (χ3v) is 5.39. The van der Waals surface area contributed by atoms with Gasteiger partial charge in [-0.1, -0.05) is 12.1 Å². The van der Waals surface area contributed by atoms with Gasteiger partial charge < -0.3 is 15.3 Å². The number of nitrogens with one attached hydrogen (secondary N) is 2. The Balaban J connectivity index is 2.07. The highest BCUT2D eigenvalue weighted by molar-refractivity contribution is 6.39. The highest BCUT2D eigenvalue weighted by Gasteiger charge is 2.59. The van der Waals surface area contributed by atoms with Crippen LogP contribution in [0.2, 0.25) is 0 Å². The van der Waals surface area contributed by atoms with Gasteiger partial charge in [-0.05, 0) is 17.7 Å². The summed E-state index contributed by atoms with van der Waals surface area (Å²) in [6, 6.07) is 5.11. The molecule has 2 aromatic rings. The molecule has 182 valence electrons. The lowest BCUT2D eigenvalue weighted by atomic mass is 9.88. The number of carbonyl (C=O) groups is 3. The molecule has 3 rings (SSSR count). The Bertz CT molecular complexity index is 1210. The lowest BCUT2D eigenvalue weighted by Crippen LogP contribution is -2.54. The summed E-state index contributed by atoms with van der Waals surface area (Å²) in [7, 11) is 3.56. The maximum absolute atomic E-state index is 14.2. The fourth-order valence-electron chi connectivity index (χ4n) is 3.60. The van der Waals surface area contributed by atoms with Crippen molar-refractivity contribution in [2.45, 2.75) is 24.4 Å². The molecule has 10 nitrogen and oxygen atoms in total. The van der Waals surface area contributed by atoms with E-state index in [0.29, 0.717) is 10.1 Å². The van der Waals surface area contributed by atoms with Crippen LogP contribution in [0.3, 0.4) is 0 Å². The second-order valence-electron chi connectivity index (χ2n) is 8.13. The summed E-state index contributed by atoms with van der Waals surface area (Å²) < 4.78 is 42.2. The van der Waals surface area contributed by atoms with Gasteiger partial charge in [0, 0.05) is 34.1 Å². The Kier molecular flexibility index (Phi) is 6.51. The van der Waals surface area contributed by atoms with E-state index < -0.39 is 70.7 Å². The van der Waals surface area contributed by atoms with E-state index in [-0.39, 0.29) is 6.54 Å².